The number of hydrogen-bond donors (Lipinski definition) is 1. The van der Waals surface area contributed by atoms with Crippen molar-refractivity contribution in [3.63, 3.8) is 0 Å². The standard InChI is InChI=1S/C13H10F3N/c1-7-4-12(16)9(6-11(7)15)10-5-8(14)2-3-13(10)17/h2-6H,17H2,1H3. The lowest BCUT2D eigenvalue weighted by molar-refractivity contribution is 0.594. The van der Waals surface area contributed by atoms with Crippen LogP contribution in [0, 0.1) is 24.4 Å². The zero-order chi connectivity index (χ0) is 12.6. The Morgan fingerprint density at radius 1 is 0.882 bits per heavy atom. The third kappa shape index (κ3) is 2.11. The summed E-state index contributed by atoms with van der Waals surface area (Å²) in [7, 11) is 0. The molecule has 88 valence electrons. The molecular weight excluding hydrogens is 227 g/mol. The maximum Gasteiger partial charge on any atom is 0.131 e. The lowest BCUT2D eigenvalue weighted by atomic mass is 10.0. The van der Waals surface area contributed by atoms with Crippen LogP contribution in [0.1, 0.15) is 5.56 Å². The molecule has 0 aliphatic rings. The van der Waals surface area contributed by atoms with Crippen LogP contribution in [0.2, 0.25) is 0 Å². The van der Waals surface area contributed by atoms with Gasteiger partial charge in [0.05, 0.1) is 0 Å². The molecule has 2 aromatic rings. The van der Waals surface area contributed by atoms with Gasteiger partial charge in [-0.1, -0.05) is 0 Å². The SMILES string of the molecule is Cc1cc(F)c(-c2cc(F)ccc2N)cc1F. The molecule has 4 heteroatoms. The molecule has 0 aliphatic carbocycles. The number of hydrogen-bond acceptors (Lipinski definition) is 1. The maximum atomic E-state index is 13.7. The number of anilines is 1. The summed E-state index contributed by atoms with van der Waals surface area (Å²) in [6, 6.07) is 5.66. The molecule has 0 atom stereocenters. The van der Waals surface area contributed by atoms with Gasteiger partial charge in [-0.25, -0.2) is 13.2 Å². The van der Waals surface area contributed by atoms with Crippen LogP contribution in [0.15, 0.2) is 30.3 Å². The Balaban J connectivity index is 2.68. The van der Waals surface area contributed by atoms with Crippen LogP contribution in [0.5, 0.6) is 0 Å². The third-order valence-electron chi connectivity index (χ3n) is 2.55. The topological polar surface area (TPSA) is 26.0 Å². The molecule has 0 aromatic heterocycles. The predicted octanol–water partition coefficient (Wildman–Crippen LogP) is 3.66. The molecule has 0 saturated carbocycles. The molecule has 2 rings (SSSR count). The van der Waals surface area contributed by atoms with E-state index in [9.17, 15) is 13.2 Å². The van der Waals surface area contributed by atoms with Gasteiger partial charge in [-0.2, -0.15) is 0 Å². The Morgan fingerprint density at radius 2 is 1.59 bits per heavy atom. The zero-order valence-corrected chi connectivity index (χ0v) is 9.10. The predicted molar refractivity (Wildman–Crippen MR) is 60.9 cm³/mol. The summed E-state index contributed by atoms with van der Waals surface area (Å²) in [5, 5.41) is 0. The fourth-order valence-electron chi connectivity index (χ4n) is 1.61. The van der Waals surface area contributed by atoms with Gasteiger partial charge < -0.3 is 5.73 Å². The van der Waals surface area contributed by atoms with Crippen molar-refractivity contribution >= 4 is 5.69 Å². The van der Waals surface area contributed by atoms with Gasteiger partial charge in [0.25, 0.3) is 0 Å². The van der Waals surface area contributed by atoms with Gasteiger partial charge in [-0.15, -0.1) is 0 Å². The Labute approximate surface area is 96.7 Å². The summed E-state index contributed by atoms with van der Waals surface area (Å²) in [5.41, 5.74) is 6.14. The minimum atomic E-state index is -0.624. The minimum absolute atomic E-state index is 0.0369. The van der Waals surface area contributed by atoms with Crippen molar-refractivity contribution in [2.45, 2.75) is 6.92 Å². The first-order chi connectivity index (χ1) is 7.99. The average molecular weight is 237 g/mol. The van der Waals surface area contributed by atoms with E-state index in [0.717, 1.165) is 18.2 Å². The molecule has 2 aromatic carbocycles. The molecular formula is C13H10F3N. The zero-order valence-electron chi connectivity index (χ0n) is 9.10. The van der Waals surface area contributed by atoms with Crippen molar-refractivity contribution in [1.29, 1.82) is 0 Å². The van der Waals surface area contributed by atoms with Crippen molar-refractivity contribution in [3.8, 4) is 11.1 Å². The molecule has 0 spiro atoms. The van der Waals surface area contributed by atoms with E-state index in [2.05, 4.69) is 0 Å². The highest BCUT2D eigenvalue weighted by Gasteiger charge is 2.12. The number of nitrogen functional groups attached to an aromatic ring is 1. The largest absolute Gasteiger partial charge is 0.398 e. The van der Waals surface area contributed by atoms with E-state index in [4.69, 9.17) is 5.73 Å². The van der Waals surface area contributed by atoms with Crippen LogP contribution in [0.4, 0.5) is 18.9 Å². The lowest BCUT2D eigenvalue weighted by Crippen LogP contribution is -1.95. The second-order valence-corrected chi connectivity index (χ2v) is 3.81. The molecule has 0 saturated heterocycles. The highest BCUT2D eigenvalue weighted by Crippen LogP contribution is 2.30. The molecule has 1 nitrogen and oxygen atoms in total. The summed E-state index contributed by atoms with van der Waals surface area (Å²) >= 11 is 0. The summed E-state index contributed by atoms with van der Waals surface area (Å²) < 4.78 is 40.1. The molecule has 0 heterocycles. The molecule has 0 amide bonds. The number of aryl methyl sites for hydroxylation is 1. The van der Waals surface area contributed by atoms with Crippen LogP contribution in [0.25, 0.3) is 11.1 Å². The highest BCUT2D eigenvalue weighted by molar-refractivity contribution is 5.76. The highest BCUT2D eigenvalue weighted by atomic mass is 19.1. The molecule has 0 unspecified atom stereocenters. The average Bonchev–Trinajstić information content (AvgIpc) is 2.27. The van der Waals surface area contributed by atoms with Gasteiger partial charge in [-0.3, -0.25) is 0 Å². The van der Waals surface area contributed by atoms with Gasteiger partial charge >= 0.3 is 0 Å². The maximum absolute atomic E-state index is 13.7. The molecule has 0 bridgehead atoms. The van der Waals surface area contributed by atoms with E-state index in [0.29, 0.717) is 0 Å². The van der Waals surface area contributed by atoms with E-state index in [1.54, 1.807) is 0 Å². The van der Waals surface area contributed by atoms with Crippen molar-refractivity contribution in [2.24, 2.45) is 0 Å². The van der Waals surface area contributed by atoms with Crippen LogP contribution in [0.3, 0.4) is 0 Å². The van der Waals surface area contributed by atoms with Gasteiger partial charge in [0.2, 0.25) is 0 Å². The van der Waals surface area contributed by atoms with Gasteiger partial charge in [0.15, 0.2) is 0 Å². The van der Waals surface area contributed by atoms with Crippen LogP contribution in [-0.4, -0.2) is 0 Å². The molecule has 2 N–H and O–H groups in total. The first-order valence-electron chi connectivity index (χ1n) is 5.00. The monoisotopic (exact) mass is 237 g/mol. The minimum Gasteiger partial charge on any atom is -0.398 e. The summed E-state index contributed by atoms with van der Waals surface area (Å²) in [5.74, 6) is -1.72. The summed E-state index contributed by atoms with van der Waals surface area (Å²) in [6.45, 7) is 1.46. The van der Waals surface area contributed by atoms with E-state index in [1.165, 1.54) is 19.1 Å². The van der Waals surface area contributed by atoms with Crippen molar-refractivity contribution < 1.29 is 13.2 Å². The third-order valence-corrected chi connectivity index (χ3v) is 2.55. The molecule has 0 radical (unpaired) electrons. The van der Waals surface area contributed by atoms with E-state index < -0.39 is 17.5 Å². The summed E-state index contributed by atoms with van der Waals surface area (Å²) in [4.78, 5) is 0. The number of halogens is 3. The second-order valence-electron chi connectivity index (χ2n) is 3.81. The molecule has 17 heavy (non-hydrogen) atoms. The first kappa shape index (κ1) is 11.5. The fraction of sp³-hybridized carbons (Fsp3) is 0.0769. The van der Waals surface area contributed by atoms with Crippen LogP contribution in [-0.2, 0) is 0 Å². The van der Waals surface area contributed by atoms with Gasteiger partial charge in [0.1, 0.15) is 17.5 Å². The van der Waals surface area contributed by atoms with Crippen LogP contribution < -0.4 is 5.73 Å². The van der Waals surface area contributed by atoms with Crippen molar-refractivity contribution in [2.75, 3.05) is 5.73 Å². The Morgan fingerprint density at radius 3 is 2.29 bits per heavy atom. The molecule has 0 aliphatic heterocycles. The van der Waals surface area contributed by atoms with Gasteiger partial charge in [0, 0.05) is 16.8 Å². The Bertz CT molecular complexity index is 579. The first-order valence-corrected chi connectivity index (χ1v) is 5.00. The van der Waals surface area contributed by atoms with E-state index in [1.807, 2.05) is 0 Å². The van der Waals surface area contributed by atoms with Crippen molar-refractivity contribution in [3.05, 3.63) is 53.3 Å². The smallest absolute Gasteiger partial charge is 0.131 e. The Kier molecular flexibility index (Phi) is 2.79. The quantitative estimate of drug-likeness (QED) is 0.752. The van der Waals surface area contributed by atoms with E-state index >= 15 is 0 Å². The van der Waals surface area contributed by atoms with Crippen LogP contribution >= 0.6 is 0 Å². The Hall–Kier alpha value is -1.97. The normalized spacial score (nSPS) is 10.6. The van der Waals surface area contributed by atoms with Gasteiger partial charge in [-0.05, 0) is 42.8 Å². The fourth-order valence-corrected chi connectivity index (χ4v) is 1.61. The molecule has 0 fully saturated rings. The van der Waals surface area contributed by atoms with Crippen molar-refractivity contribution in [1.82, 2.24) is 0 Å². The number of nitrogens with two attached hydrogens (primary N) is 1. The lowest BCUT2D eigenvalue weighted by Gasteiger charge is -2.08. The second kappa shape index (κ2) is 4.13. The van der Waals surface area contributed by atoms with E-state index in [-0.39, 0.29) is 22.4 Å². The summed E-state index contributed by atoms with van der Waals surface area (Å²) in [6.07, 6.45) is 0. The number of rotatable bonds is 1. The number of benzene rings is 2.